The summed E-state index contributed by atoms with van der Waals surface area (Å²) in [5.74, 6) is -5.57. The Morgan fingerprint density at radius 2 is 1.52 bits per heavy atom. The first-order chi connectivity index (χ1) is 15.3. The molecule has 2 heterocycles. The van der Waals surface area contributed by atoms with Gasteiger partial charge in [0.2, 0.25) is 0 Å². The van der Waals surface area contributed by atoms with E-state index in [9.17, 15) is 27.2 Å². The molecule has 0 fully saturated rings. The van der Waals surface area contributed by atoms with Crippen LogP contribution in [0, 0.1) is 0 Å². The highest BCUT2D eigenvalue weighted by atomic mass is 79.9. The van der Waals surface area contributed by atoms with E-state index in [1.807, 2.05) is 0 Å². The van der Waals surface area contributed by atoms with Crippen LogP contribution in [-0.2, 0) is 18.4 Å². The molecule has 33 heavy (non-hydrogen) atoms. The minimum Gasteiger partial charge on any atom is -0.497 e. The lowest BCUT2D eigenvalue weighted by Crippen LogP contribution is -2.26. The maximum absolute atomic E-state index is 13.3. The Hall–Kier alpha value is -2.54. The lowest BCUT2D eigenvalue weighted by molar-refractivity contribution is 0.0109. The molecule has 0 atom stereocenters. The number of nitrogens with zero attached hydrogens (tertiary/aromatic N) is 3. The Labute approximate surface area is 202 Å². The number of alkyl halides is 4. The fourth-order valence-corrected chi connectivity index (χ4v) is 3.74. The van der Waals surface area contributed by atoms with Crippen molar-refractivity contribution in [3.63, 3.8) is 0 Å². The molecule has 1 aromatic carbocycles. The molecule has 0 radical (unpaired) electrons. The molecule has 0 spiro atoms. The molecule has 0 saturated carbocycles. The molecule has 7 nitrogen and oxygen atoms in total. The van der Waals surface area contributed by atoms with Crippen LogP contribution in [0.1, 0.15) is 30.8 Å². The molecule has 0 amide bonds. The van der Waals surface area contributed by atoms with Crippen molar-refractivity contribution >= 4 is 31.9 Å². The van der Waals surface area contributed by atoms with Gasteiger partial charge in [-0.05, 0) is 49.6 Å². The Balaban J connectivity index is 0.000000273. The number of aromatic amines is 1. The van der Waals surface area contributed by atoms with Crippen LogP contribution in [0.15, 0.2) is 55.5 Å². The van der Waals surface area contributed by atoms with Gasteiger partial charge in [0.1, 0.15) is 26.1 Å². The fraction of sp³-hybridized carbons (Fsp3) is 0.300. The van der Waals surface area contributed by atoms with E-state index >= 15 is 0 Å². The van der Waals surface area contributed by atoms with E-state index in [1.54, 1.807) is 31.4 Å². The topological polar surface area (TPSA) is 89.9 Å². The number of ether oxygens (including phenoxy) is 1. The average Bonchev–Trinajstić information content (AvgIpc) is 2.73. The Morgan fingerprint density at radius 1 is 0.970 bits per heavy atom. The number of rotatable bonds is 5. The predicted octanol–water partition coefficient (Wildman–Crippen LogP) is 4.82. The summed E-state index contributed by atoms with van der Waals surface area (Å²) in [5.41, 5.74) is -1.42. The zero-order valence-corrected chi connectivity index (χ0v) is 20.7. The van der Waals surface area contributed by atoms with Crippen LogP contribution < -0.4 is 15.9 Å². The van der Waals surface area contributed by atoms with Crippen LogP contribution in [0.2, 0.25) is 0 Å². The lowest BCUT2D eigenvalue weighted by atomic mass is 10.2. The van der Waals surface area contributed by atoms with Crippen LogP contribution in [0.4, 0.5) is 17.6 Å². The molecule has 0 aliphatic heterocycles. The van der Waals surface area contributed by atoms with Crippen molar-refractivity contribution in [3.05, 3.63) is 83.5 Å². The third kappa shape index (κ3) is 6.97. The molecular formula is C20H18Br2F4N4O3. The van der Waals surface area contributed by atoms with Crippen molar-refractivity contribution in [2.45, 2.75) is 32.2 Å². The van der Waals surface area contributed by atoms with E-state index in [1.165, 1.54) is 4.57 Å². The van der Waals surface area contributed by atoms with Gasteiger partial charge in [-0.1, -0.05) is 12.1 Å². The van der Waals surface area contributed by atoms with Crippen molar-refractivity contribution in [3.8, 4) is 5.75 Å². The molecule has 178 valence electrons. The van der Waals surface area contributed by atoms with Gasteiger partial charge in [0, 0.05) is 13.8 Å². The summed E-state index contributed by atoms with van der Waals surface area (Å²) < 4.78 is 57.7. The van der Waals surface area contributed by atoms with Crippen molar-refractivity contribution in [1.82, 2.24) is 19.5 Å². The molecule has 3 rings (SSSR count). The maximum Gasteiger partial charge on any atom is 0.288 e. The second-order valence-electron chi connectivity index (χ2n) is 6.86. The molecular weight excluding hydrogens is 580 g/mol. The standard InChI is InChI=1S/C14H13BrF2N2O2.C6H5BrF2N2O/c1-14(16,17)12-11(15)13(20)19(8-18-12)7-9-3-5-10(21-2)6-4-9;1-6(8,9)4-3(7)5(12)11-2-10-4/h3-6,8H,7H2,1-2H3;2H,1H3,(H,10,11,12). The number of aromatic nitrogens is 4. The summed E-state index contributed by atoms with van der Waals surface area (Å²) >= 11 is 5.64. The summed E-state index contributed by atoms with van der Waals surface area (Å²) in [6.07, 6.45) is 2.07. The number of H-pyrrole nitrogens is 1. The molecule has 13 heteroatoms. The van der Waals surface area contributed by atoms with E-state index in [-0.39, 0.29) is 15.5 Å². The molecule has 1 N–H and O–H groups in total. The van der Waals surface area contributed by atoms with E-state index in [0.717, 1.165) is 18.2 Å². The monoisotopic (exact) mass is 596 g/mol. The number of methoxy groups -OCH3 is 1. The van der Waals surface area contributed by atoms with Crippen molar-refractivity contribution in [2.24, 2.45) is 0 Å². The summed E-state index contributed by atoms with van der Waals surface area (Å²) in [5, 5.41) is 0. The van der Waals surface area contributed by atoms with Gasteiger partial charge >= 0.3 is 0 Å². The highest BCUT2D eigenvalue weighted by Gasteiger charge is 2.31. The van der Waals surface area contributed by atoms with Crippen molar-refractivity contribution in [1.29, 1.82) is 0 Å². The highest BCUT2D eigenvalue weighted by Crippen LogP contribution is 2.29. The fourth-order valence-electron chi connectivity index (χ4n) is 2.50. The second-order valence-corrected chi connectivity index (χ2v) is 8.45. The molecule has 0 unspecified atom stereocenters. The van der Waals surface area contributed by atoms with Gasteiger partial charge in [0.15, 0.2) is 0 Å². The third-order valence-corrected chi connectivity index (χ3v) is 5.57. The van der Waals surface area contributed by atoms with Gasteiger partial charge in [0.05, 0.1) is 26.3 Å². The predicted molar refractivity (Wildman–Crippen MR) is 120 cm³/mol. The van der Waals surface area contributed by atoms with Crippen molar-refractivity contribution in [2.75, 3.05) is 7.11 Å². The van der Waals surface area contributed by atoms with Gasteiger partial charge < -0.3 is 9.72 Å². The van der Waals surface area contributed by atoms with Crippen LogP contribution in [-0.4, -0.2) is 26.6 Å². The first-order valence-corrected chi connectivity index (χ1v) is 10.7. The van der Waals surface area contributed by atoms with Gasteiger partial charge in [-0.3, -0.25) is 14.2 Å². The zero-order valence-electron chi connectivity index (χ0n) is 17.5. The first-order valence-electron chi connectivity index (χ1n) is 9.13. The smallest absolute Gasteiger partial charge is 0.288 e. The summed E-state index contributed by atoms with van der Waals surface area (Å²) in [6, 6.07) is 7.11. The maximum atomic E-state index is 13.3. The molecule has 2 aromatic heterocycles. The minimum atomic E-state index is -3.17. The Bertz CT molecular complexity index is 1220. The minimum absolute atomic E-state index is 0.217. The number of benzene rings is 1. The van der Waals surface area contributed by atoms with Gasteiger partial charge in [-0.25, -0.2) is 9.97 Å². The zero-order chi connectivity index (χ0) is 25.0. The SMILES string of the molecule is CC(F)(F)c1nc[nH]c(=O)c1Br.COc1ccc(Cn2cnc(C(C)(F)F)c(Br)c2=O)cc1. The highest BCUT2D eigenvalue weighted by molar-refractivity contribution is 9.10. The van der Waals surface area contributed by atoms with Crippen LogP contribution in [0.3, 0.4) is 0 Å². The number of halogens is 6. The van der Waals surface area contributed by atoms with E-state index < -0.39 is 34.4 Å². The molecule has 0 aliphatic rings. The van der Waals surface area contributed by atoms with Crippen LogP contribution in [0.5, 0.6) is 5.75 Å². The van der Waals surface area contributed by atoms with Crippen LogP contribution >= 0.6 is 31.9 Å². The number of hydrogen-bond donors (Lipinski definition) is 1. The molecule has 0 saturated heterocycles. The summed E-state index contributed by atoms with van der Waals surface area (Å²) in [6.45, 7) is 1.62. The number of hydrogen-bond acceptors (Lipinski definition) is 5. The van der Waals surface area contributed by atoms with E-state index in [0.29, 0.717) is 19.6 Å². The Morgan fingerprint density at radius 3 is 2.00 bits per heavy atom. The van der Waals surface area contributed by atoms with Gasteiger partial charge in [-0.15, -0.1) is 0 Å². The second kappa shape index (κ2) is 10.6. The molecule has 3 aromatic rings. The van der Waals surface area contributed by atoms with Gasteiger partial charge in [-0.2, -0.15) is 17.6 Å². The third-order valence-electron chi connectivity index (χ3n) is 4.12. The summed E-state index contributed by atoms with van der Waals surface area (Å²) in [4.78, 5) is 32.1. The largest absolute Gasteiger partial charge is 0.497 e. The normalized spacial score (nSPS) is 11.5. The lowest BCUT2D eigenvalue weighted by Gasteiger charge is -2.13. The van der Waals surface area contributed by atoms with Crippen molar-refractivity contribution < 1.29 is 22.3 Å². The van der Waals surface area contributed by atoms with E-state index in [4.69, 9.17) is 4.74 Å². The van der Waals surface area contributed by atoms with Gasteiger partial charge in [0.25, 0.3) is 23.0 Å². The quantitative estimate of drug-likeness (QED) is 0.426. The Kier molecular flexibility index (Phi) is 8.57. The first kappa shape index (κ1) is 26.7. The van der Waals surface area contributed by atoms with E-state index in [2.05, 4.69) is 46.8 Å². The number of nitrogens with one attached hydrogen (secondary N) is 1. The summed E-state index contributed by atoms with van der Waals surface area (Å²) in [7, 11) is 1.56. The molecule has 0 bridgehead atoms. The molecule has 0 aliphatic carbocycles. The van der Waals surface area contributed by atoms with Crippen LogP contribution in [0.25, 0.3) is 0 Å². The average molecular weight is 598 g/mol.